The van der Waals surface area contributed by atoms with Crippen LogP contribution in [0, 0.1) is 0 Å². The van der Waals surface area contributed by atoms with Crippen molar-refractivity contribution < 1.29 is 4.74 Å². The van der Waals surface area contributed by atoms with Crippen LogP contribution in [-0.4, -0.2) is 18.0 Å². The van der Waals surface area contributed by atoms with E-state index in [4.69, 9.17) is 4.74 Å². The molecule has 0 aromatic rings. The smallest absolute Gasteiger partial charge is 0.0696 e. The van der Waals surface area contributed by atoms with E-state index in [9.17, 15) is 0 Å². The highest BCUT2D eigenvalue weighted by atomic mass is 79.9. The van der Waals surface area contributed by atoms with Crippen LogP contribution in [0.3, 0.4) is 0 Å². The van der Waals surface area contributed by atoms with Gasteiger partial charge in [-0.1, -0.05) is 28.8 Å². The van der Waals surface area contributed by atoms with Crippen molar-refractivity contribution in [3.05, 3.63) is 0 Å². The first-order valence-corrected chi connectivity index (χ1v) is 4.43. The summed E-state index contributed by atoms with van der Waals surface area (Å²) >= 11 is 3.59. The lowest BCUT2D eigenvalue weighted by Gasteiger charge is -2.25. The fraction of sp³-hybridized carbons (Fsp3) is 1.00. The molecule has 0 bridgehead atoms. The summed E-state index contributed by atoms with van der Waals surface area (Å²) in [6, 6.07) is 0. The van der Waals surface area contributed by atoms with Gasteiger partial charge in [-0.25, -0.2) is 0 Å². The number of hydrogen-bond donors (Lipinski definition) is 0. The molecule has 0 saturated heterocycles. The summed E-state index contributed by atoms with van der Waals surface area (Å²) < 4.78 is 5.26. The fourth-order valence-electron chi connectivity index (χ4n) is 1.32. The second-order valence-corrected chi connectivity index (χ2v) is 3.75. The Morgan fingerprint density at radius 1 is 1.33 bits per heavy atom. The van der Waals surface area contributed by atoms with Gasteiger partial charge in [0.25, 0.3) is 0 Å². The van der Waals surface area contributed by atoms with Crippen molar-refractivity contribution in [2.24, 2.45) is 0 Å². The van der Waals surface area contributed by atoms with Crippen molar-refractivity contribution in [3.63, 3.8) is 0 Å². The van der Waals surface area contributed by atoms with Crippen LogP contribution in [0.1, 0.15) is 25.7 Å². The van der Waals surface area contributed by atoms with E-state index in [-0.39, 0.29) is 0 Å². The van der Waals surface area contributed by atoms with Crippen molar-refractivity contribution in [1.29, 1.82) is 0 Å². The van der Waals surface area contributed by atoms with Crippen molar-refractivity contribution >= 4 is 15.9 Å². The number of ether oxygens (including phenoxy) is 1. The normalized spacial score (nSPS) is 36.7. The maximum atomic E-state index is 5.26. The summed E-state index contributed by atoms with van der Waals surface area (Å²) in [5.74, 6) is 0. The molecule has 1 fully saturated rings. The van der Waals surface area contributed by atoms with E-state index in [2.05, 4.69) is 15.9 Å². The molecular weight excluding hydrogens is 180 g/mol. The molecule has 2 heteroatoms. The predicted octanol–water partition coefficient (Wildman–Crippen LogP) is 2.34. The van der Waals surface area contributed by atoms with E-state index in [0.29, 0.717) is 10.9 Å². The topological polar surface area (TPSA) is 9.23 Å². The van der Waals surface area contributed by atoms with E-state index in [1.807, 2.05) is 0 Å². The maximum absolute atomic E-state index is 5.26. The molecule has 1 saturated carbocycles. The molecule has 0 radical (unpaired) electrons. The molecule has 0 spiro atoms. The lowest BCUT2D eigenvalue weighted by molar-refractivity contribution is 0.0780. The summed E-state index contributed by atoms with van der Waals surface area (Å²) in [5.41, 5.74) is 0. The van der Waals surface area contributed by atoms with Crippen LogP contribution < -0.4 is 0 Å². The standard InChI is InChI=1S/C7H13BrO/c1-9-7-5-3-2-4-6(7)8/h6-7H,2-5H2,1H3. The minimum absolute atomic E-state index is 0.471. The van der Waals surface area contributed by atoms with E-state index in [0.717, 1.165) is 0 Å². The van der Waals surface area contributed by atoms with Crippen molar-refractivity contribution in [3.8, 4) is 0 Å². The first kappa shape index (κ1) is 7.55. The van der Waals surface area contributed by atoms with Gasteiger partial charge in [0.15, 0.2) is 0 Å². The number of hydrogen-bond acceptors (Lipinski definition) is 1. The minimum Gasteiger partial charge on any atom is -0.380 e. The third kappa shape index (κ3) is 1.94. The third-order valence-corrected chi connectivity index (χ3v) is 2.97. The molecule has 1 rings (SSSR count). The second-order valence-electron chi connectivity index (χ2n) is 2.57. The highest BCUT2D eigenvalue weighted by Crippen LogP contribution is 2.25. The second kappa shape index (κ2) is 3.57. The van der Waals surface area contributed by atoms with Crippen LogP contribution in [0.25, 0.3) is 0 Å². The quantitative estimate of drug-likeness (QED) is 0.580. The van der Waals surface area contributed by atoms with Gasteiger partial charge in [-0.05, 0) is 12.8 Å². The van der Waals surface area contributed by atoms with Crippen LogP contribution in [0.15, 0.2) is 0 Å². The Hall–Kier alpha value is 0.440. The Morgan fingerprint density at radius 2 is 2.00 bits per heavy atom. The molecule has 1 aliphatic rings. The van der Waals surface area contributed by atoms with Gasteiger partial charge in [-0.15, -0.1) is 0 Å². The molecule has 0 N–H and O–H groups in total. The largest absolute Gasteiger partial charge is 0.380 e. The van der Waals surface area contributed by atoms with Gasteiger partial charge in [0.05, 0.1) is 6.10 Å². The molecule has 0 heterocycles. The van der Waals surface area contributed by atoms with Crippen LogP contribution >= 0.6 is 15.9 Å². The van der Waals surface area contributed by atoms with Crippen LogP contribution in [0.5, 0.6) is 0 Å². The summed E-state index contributed by atoms with van der Waals surface area (Å²) in [6.07, 6.45) is 5.67. The van der Waals surface area contributed by atoms with Gasteiger partial charge < -0.3 is 4.74 Å². The number of rotatable bonds is 1. The van der Waals surface area contributed by atoms with E-state index < -0.39 is 0 Å². The molecule has 0 aliphatic heterocycles. The maximum Gasteiger partial charge on any atom is 0.0696 e. The first-order chi connectivity index (χ1) is 4.34. The van der Waals surface area contributed by atoms with Gasteiger partial charge in [0.1, 0.15) is 0 Å². The Kier molecular flexibility index (Phi) is 2.99. The van der Waals surface area contributed by atoms with Gasteiger partial charge in [0, 0.05) is 11.9 Å². The summed E-state index contributed by atoms with van der Waals surface area (Å²) in [6.45, 7) is 0. The third-order valence-electron chi connectivity index (χ3n) is 1.92. The molecule has 0 aromatic heterocycles. The molecule has 2 atom stereocenters. The first-order valence-electron chi connectivity index (χ1n) is 3.51. The lowest BCUT2D eigenvalue weighted by Crippen LogP contribution is -2.26. The number of halogens is 1. The van der Waals surface area contributed by atoms with Gasteiger partial charge in [0.2, 0.25) is 0 Å². The van der Waals surface area contributed by atoms with Gasteiger partial charge in [-0.3, -0.25) is 0 Å². The average Bonchev–Trinajstić information content (AvgIpc) is 1.89. The molecule has 2 unspecified atom stereocenters. The molecule has 0 amide bonds. The molecule has 0 aromatic carbocycles. The minimum atomic E-state index is 0.471. The number of methoxy groups -OCH3 is 1. The van der Waals surface area contributed by atoms with Gasteiger partial charge >= 0.3 is 0 Å². The Morgan fingerprint density at radius 3 is 2.44 bits per heavy atom. The van der Waals surface area contributed by atoms with E-state index in [1.165, 1.54) is 25.7 Å². The monoisotopic (exact) mass is 192 g/mol. The van der Waals surface area contributed by atoms with Gasteiger partial charge in [-0.2, -0.15) is 0 Å². The SMILES string of the molecule is COC1CCCCC1Br. The number of alkyl halides is 1. The molecular formula is C7H13BrO. The van der Waals surface area contributed by atoms with Crippen molar-refractivity contribution in [1.82, 2.24) is 0 Å². The highest BCUT2D eigenvalue weighted by molar-refractivity contribution is 9.09. The average molecular weight is 193 g/mol. The van der Waals surface area contributed by atoms with Crippen LogP contribution in [0.2, 0.25) is 0 Å². The van der Waals surface area contributed by atoms with Crippen molar-refractivity contribution in [2.45, 2.75) is 36.6 Å². The summed E-state index contributed by atoms with van der Waals surface area (Å²) in [7, 11) is 1.80. The molecule has 1 aliphatic carbocycles. The predicted molar refractivity (Wildman–Crippen MR) is 42.0 cm³/mol. The Labute approximate surface area is 64.9 Å². The highest BCUT2D eigenvalue weighted by Gasteiger charge is 2.21. The zero-order chi connectivity index (χ0) is 6.69. The lowest BCUT2D eigenvalue weighted by atomic mass is 9.98. The Bertz CT molecular complexity index is 85.0. The van der Waals surface area contributed by atoms with Crippen molar-refractivity contribution in [2.75, 3.05) is 7.11 Å². The molecule has 54 valence electrons. The van der Waals surface area contributed by atoms with E-state index >= 15 is 0 Å². The Balaban J connectivity index is 2.30. The molecule has 1 nitrogen and oxygen atoms in total. The fourth-order valence-corrected chi connectivity index (χ4v) is 2.12. The van der Waals surface area contributed by atoms with Crippen LogP contribution in [0.4, 0.5) is 0 Å². The molecule has 9 heavy (non-hydrogen) atoms. The zero-order valence-corrected chi connectivity index (χ0v) is 7.36. The zero-order valence-electron chi connectivity index (χ0n) is 5.77. The summed E-state index contributed by atoms with van der Waals surface area (Å²) in [4.78, 5) is 0.608. The van der Waals surface area contributed by atoms with E-state index in [1.54, 1.807) is 7.11 Å². The summed E-state index contributed by atoms with van der Waals surface area (Å²) in [5, 5.41) is 0. The van der Waals surface area contributed by atoms with Crippen LogP contribution in [-0.2, 0) is 4.74 Å².